The molecule has 3 heterocycles. The van der Waals surface area contributed by atoms with Gasteiger partial charge in [0.1, 0.15) is 16.1 Å². The van der Waals surface area contributed by atoms with Crippen LogP contribution in [0.3, 0.4) is 0 Å². The average Bonchev–Trinajstić information content (AvgIpc) is 3.18. The highest BCUT2D eigenvalue weighted by atomic mass is 35.5. The Labute approximate surface area is 149 Å². The summed E-state index contributed by atoms with van der Waals surface area (Å²) in [6.07, 6.45) is 2.81. The maximum Gasteiger partial charge on any atom is 0.250 e. The van der Waals surface area contributed by atoms with Gasteiger partial charge in [0.2, 0.25) is 5.91 Å². The first-order valence-electron chi connectivity index (χ1n) is 7.53. The first-order chi connectivity index (χ1) is 11.4. The molecule has 1 fully saturated rings. The monoisotopic (exact) mass is 388 g/mol. The third-order valence-corrected chi connectivity index (χ3v) is 7.01. The standard InChI is InChI=1S/C14H17ClN4O3S2/c1-2-19-12(7-8-16-19)18-9-3-4-10(14(18)20)17-24(21,22)13-6-5-11(15)23-13/h5-8,10,17H,2-4,9H2,1H3/t10-/m0/s1. The van der Waals surface area contributed by atoms with E-state index in [1.165, 1.54) is 12.1 Å². The molecule has 7 nitrogen and oxygen atoms in total. The van der Waals surface area contributed by atoms with Crippen molar-refractivity contribution in [3.05, 3.63) is 28.7 Å². The second-order valence-corrected chi connectivity index (χ2v) is 9.03. The second-order valence-electron chi connectivity index (χ2n) is 5.37. The van der Waals surface area contributed by atoms with Crippen LogP contribution < -0.4 is 9.62 Å². The molecule has 1 atom stereocenters. The van der Waals surface area contributed by atoms with Crippen molar-refractivity contribution in [3.63, 3.8) is 0 Å². The Morgan fingerprint density at radius 3 is 2.88 bits per heavy atom. The van der Waals surface area contributed by atoms with E-state index in [2.05, 4.69) is 9.82 Å². The lowest BCUT2D eigenvalue weighted by molar-refractivity contribution is -0.121. The number of aromatic nitrogens is 2. The first-order valence-corrected chi connectivity index (χ1v) is 10.2. The number of carbonyl (C=O) groups is 1. The Balaban J connectivity index is 1.81. The van der Waals surface area contributed by atoms with Crippen molar-refractivity contribution < 1.29 is 13.2 Å². The van der Waals surface area contributed by atoms with E-state index in [1.807, 2.05) is 6.92 Å². The van der Waals surface area contributed by atoms with Crippen molar-refractivity contribution in [2.24, 2.45) is 0 Å². The molecular weight excluding hydrogens is 372 g/mol. The number of piperidine rings is 1. The van der Waals surface area contributed by atoms with E-state index in [4.69, 9.17) is 11.6 Å². The Morgan fingerprint density at radius 1 is 1.42 bits per heavy atom. The van der Waals surface area contributed by atoms with E-state index < -0.39 is 16.1 Å². The molecule has 0 radical (unpaired) electrons. The molecule has 0 aliphatic carbocycles. The van der Waals surface area contributed by atoms with Crippen molar-refractivity contribution in [3.8, 4) is 0 Å². The molecule has 0 bridgehead atoms. The van der Waals surface area contributed by atoms with Gasteiger partial charge in [-0.2, -0.15) is 9.82 Å². The van der Waals surface area contributed by atoms with Gasteiger partial charge < -0.3 is 0 Å². The number of rotatable bonds is 5. The molecule has 1 N–H and O–H groups in total. The van der Waals surface area contributed by atoms with E-state index >= 15 is 0 Å². The molecule has 0 aromatic carbocycles. The number of aryl methyl sites for hydroxylation is 1. The van der Waals surface area contributed by atoms with Gasteiger partial charge in [0, 0.05) is 19.2 Å². The van der Waals surface area contributed by atoms with Gasteiger partial charge >= 0.3 is 0 Å². The molecule has 1 amide bonds. The molecule has 130 valence electrons. The zero-order chi connectivity index (χ0) is 17.3. The van der Waals surface area contributed by atoms with E-state index in [0.717, 1.165) is 11.3 Å². The fourth-order valence-corrected chi connectivity index (χ4v) is 5.42. The minimum Gasteiger partial charge on any atom is -0.296 e. The lowest BCUT2D eigenvalue weighted by Gasteiger charge is -2.32. The quantitative estimate of drug-likeness (QED) is 0.849. The number of nitrogens with zero attached hydrogens (tertiary/aromatic N) is 3. The number of halogens is 1. The molecule has 0 unspecified atom stereocenters. The van der Waals surface area contributed by atoms with Crippen LogP contribution in [0, 0.1) is 0 Å². The Kier molecular flexibility index (Phi) is 4.95. The summed E-state index contributed by atoms with van der Waals surface area (Å²) < 4.78 is 29.6. The molecule has 1 aliphatic rings. The topological polar surface area (TPSA) is 84.3 Å². The minimum atomic E-state index is -3.77. The first kappa shape index (κ1) is 17.4. The molecule has 1 saturated heterocycles. The molecule has 0 saturated carbocycles. The van der Waals surface area contributed by atoms with Crippen molar-refractivity contribution in [2.75, 3.05) is 11.4 Å². The highest BCUT2D eigenvalue weighted by Gasteiger charge is 2.34. The maximum atomic E-state index is 12.7. The highest BCUT2D eigenvalue weighted by molar-refractivity contribution is 7.91. The summed E-state index contributed by atoms with van der Waals surface area (Å²) in [5.74, 6) is 0.424. The number of sulfonamides is 1. The summed E-state index contributed by atoms with van der Waals surface area (Å²) >= 11 is 6.77. The third-order valence-electron chi connectivity index (χ3n) is 3.82. The SMILES string of the molecule is CCn1nccc1N1CCC[C@H](NS(=O)(=O)c2ccc(Cl)s2)C1=O. The number of nitrogens with one attached hydrogen (secondary N) is 1. The maximum absolute atomic E-state index is 12.7. The van der Waals surface area contributed by atoms with Crippen LogP contribution in [0.4, 0.5) is 5.82 Å². The van der Waals surface area contributed by atoms with Crippen molar-refractivity contribution in [1.82, 2.24) is 14.5 Å². The van der Waals surface area contributed by atoms with Gasteiger partial charge in [-0.05, 0) is 31.9 Å². The van der Waals surface area contributed by atoms with Crippen LogP contribution in [0.1, 0.15) is 19.8 Å². The summed E-state index contributed by atoms with van der Waals surface area (Å²) in [6, 6.07) is 3.93. The molecule has 24 heavy (non-hydrogen) atoms. The largest absolute Gasteiger partial charge is 0.296 e. The van der Waals surface area contributed by atoms with E-state index in [9.17, 15) is 13.2 Å². The lowest BCUT2D eigenvalue weighted by atomic mass is 10.1. The molecular formula is C14H17ClN4O3S2. The number of carbonyl (C=O) groups excluding carboxylic acids is 1. The van der Waals surface area contributed by atoms with Crippen molar-refractivity contribution in [1.29, 1.82) is 0 Å². The van der Waals surface area contributed by atoms with Crippen LogP contribution in [-0.2, 0) is 21.4 Å². The van der Waals surface area contributed by atoms with Crippen LogP contribution in [-0.4, -0.2) is 36.7 Å². The van der Waals surface area contributed by atoms with Crippen molar-refractivity contribution in [2.45, 2.75) is 36.6 Å². The zero-order valence-electron chi connectivity index (χ0n) is 13.0. The number of amides is 1. The molecule has 2 aromatic heterocycles. The van der Waals surface area contributed by atoms with Gasteiger partial charge in [0.25, 0.3) is 10.0 Å². The summed E-state index contributed by atoms with van der Waals surface area (Å²) in [5.41, 5.74) is 0. The van der Waals surface area contributed by atoms with Gasteiger partial charge in [0.05, 0.1) is 10.5 Å². The van der Waals surface area contributed by atoms with Crippen LogP contribution in [0.2, 0.25) is 4.34 Å². The summed E-state index contributed by atoms with van der Waals surface area (Å²) in [5, 5.41) is 4.17. The van der Waals surface area contributed by atoms with Crippen molar-refractivity contribution >= 4 is 44.7 Å². The summed E-state index contributed by atoms with van der Waals surface area (Å²) in [7, 11) is -3.77. The van der Waals surface area contributed by atoms with E-state index in [0.29, 0.717) is 36.1 Å². The molecule has 0 spiro atoms. The molecule has 2 aromatic rings. The van der Waals surface area contributed by atoms with Crippen LogP contribution in [0.25, 0.3) is 0 Å². The summed E-state index contributed by atoms with van der Waals surface area (Å²) in [4.78, 5) is 14.3. The fraction of sp³-hybridized carbons (Fsp3) is 0.429. The number of anilines is 1. The van der Waals surface area contributed by atoms with E-state index in [1.54, 1.807) is 21.8 Å². The normalized spacial score (nSPS) is 19.0. The van der Waals surface area contributed by atoms with Gasteiger partial charge in [-0.1, -0.05) is 11.6 Å². The number of hydrogen-bond acceptors (Lipinski definition) is 5. The van der Waals surface area contributed by atoms with Gasteiger partial charge in [-0.3, -0.25) is 9.69 Å². The summed E-state index contributed by atoms with van der Waals surface area (Å²) in [6.45, 7) is 3.12. The Morgan fingerprint density at radius 2 is 2.21 bits per heavy atom. The van der Waals surface area contributed by atoms with Crippen LogP contribution in [0.5, 0.6) is 0 Å². The molecule has 10 heteroatoms. The second kappa shape index (κ2) is 6.83. The fourth-order valence-electron chi connectivity index (χ4n) is 2.70. The van der Waals surface area contributed by atoms with Crippen LogP contribution >= 0.6 is 22.9 Å². The highest BCUT2D eigenvalue weighted by Crippen LogP contribution is 2.27. The average molecular weight is 389 g/mol. The number of thiophene rings is 1. The third kappa shape index (κ3) is 3.34. The van der Waals surface area contributed by atoms with Gasteiger partial charge in [-0.25, -0.2) is 13.1 Å². The predicted octanol–water partition coefficient (Wildman–Crippen LogP) is 2.09. The smallest absolute Gasteiger partial charge is 0.250 e. The Bertz CT molecular complexity index is 846. The zero-order valence-corrected chi connectivity index (χ0v) is 15.4. The minimum absolute atomic E-state index is 0.107. The molecule has 3 rings (SSSR count). The predicted molar refractivity (Wildman–Crippen MR) is 92.9 cm³/mol. The van der Waals surface area contributed by atoms with Gasteiger partial charge in [-0.15, -0.1) is 11.3 Å². The van der Waals surface area contributed by atoms with E-state index in [-0.39, 0.29) is 10.1 Å². The lowest BCUT2D eigenvalue weighted by Crippen LogP contribution is -2.52. The van der Waals surface area contributed by atoms with Crippen LogP contribution in [0.15, 0.2) is 28.6 Å². The number of hydrogen-bond donors (Lipinski definition) is 1. The Hall–Kier alpha value is -1.42. The van der Waals surface area contributed by atoms with Gasteiger partial charge in [0.15, 0.2) is 0 Å². The molecule has 1 aliphatic heterocycles.